The van der Waals surface area contributed by atoms with Gasteiger partial charge in [0.05, 0.1) is 7.85 Å². The first kappa shape index (κ1) is 15.1. The van der Waals surface area contributed by atoms with Crippen LogP contribution in [0, 0.1) is 5.41 Å². The first-order valence-electron chi connectivity index (χ1n) is 6.62. The van der Waals surface area contributed by atoms with Gasteiger partial charge in [0.25, 0.3) is 0 Å². The molecule has 0 heterocycles. The summed E-state index contributed by atoms with van der Waals surface area (Å²) < 4.78 is 0. The maximum absolute atomic E-state index is 6.31. The van der Waals surface area contributed by atoms with Gasteiger partial charge in [-0.2, -0.15) is 0 Å². The largest absolute Gasteiger partial charge is 0.0742 e. The molecule has 0 saturated heterocycles. The van der Waals surface area contributed by atoms with Gasteiger partial charge in [-0.3, -0.25) is 0 Å². The van der Waals surface area contributed by atoms with Gasteiger partial charge in [0, 0.05) is 0 Å². The van der Waals surface area contributed by atoms with Crippen LogP contribution in [0.25, 0.3) is 0 Å². The summed E-state index contributed by atoms with van der Waals surface area (Å²) in [4.78, 5) is 0. The molecule has 0 rings (SSSR count). The number of hydrogen-bond acceptors (Lipinski definition) is 0. The molecule has 0 aliphatic rings. The molecule has 88 valence electrons. The highest BCUT2D eigenvalue weighted by molar-refractivity contribution is 6.14. The van der Waals surface area contributed by atoms with Crippen LogP contribution in [0.2, 0.25) is 5.31 Å². The second-order valence-electron chi connectivity index (χ2n) is 6.17. The molecule has 0 spiro atoms. The number of unbranched alkanes of at least 4 members (excludes halogenated alkanes) is 1. The van der Waals surface area contributed by atoms with E-state index in [9.17, 15) is 0 Å². The summed E-state index contributed by atoms with van der Waals surface area (Å²) in [5.74, 6) is 0. The second kappa shape index (κ2) is 6.61. The average Bonchev–Trinajstić information content (AvgIpc) is 2.12. The summed E-state index contributed by atoms with van der Waals surface area (Å²) in [5.41, 5.74) is 0.474. The molecular weight excluding hydrogens is 179 g/mol. The number of hydrogen-bond donors (Lipinski definition) is 0. The maximum atomic E-state index is 6.31. The Labute approximate surface area is 98.6 Å². The van der Waals surface area contributed by atoms with Crippen LogP contribution in [0.4, 0.5) is 0 Å². The lowest BCUT2D eigenvalue weighted by molar-refractivity contribution is 0.274. The van der Waals surface area contributed by atoms with Crippen molar-refractivity contribution in [2.45, 2.75) is 84.9 Å². The zero-order valence-corrected chi connectivity index (χ0v) is 11.5. The average molecular weight is 208 g/mol. The fraction of sp³-hybridized carbons (Fsp3) is 1.00. The molecule has 0 aliphatic carbocycles. The quantitative estimate of drug-likeness (QED) is 0.485. The van der Waals surface area contributed by atoms with E-state index >= 15 is 0 Å². The molecule has 0 aromatic rings. The van der Waals surface area contributed by atoms with Gasteiger partial charge in [-0.25, -0.2) is 0 Å². The predicted octanol–water partition coefficient (Wildman–Crippen LogP) is 5.13. The molecule has 0 amide bonds. The third kappa shape index (κ3) is 7.93. The van der Waals surface area contributed by atoms with Crippen molar-refractivity contribution in [3.8, 4) is 0 Å². The highest BCUT2D eigenvalue weighted by Crippen LogP contribution is 2.39. The number of rotatable bonds is 8. The molecule has 0 aromatic heterocycles. The van der Waals surface area contributed by atoms with Crippen LogP contribution in [-0.2, 0) is 0 Å². The minimum absolute atomic E-state index is 0.0566. The van der Waals surface area contributed by atoms with Crippen molar-refractivity contribution in [2.75, 3.05) is 0 Å². The zero-order valence-electron chi connectivity index (χ0n) is 11.5. The molecule has 0 bridgehead atoms. The van der Waals surface area contributed by atoms with Crippen LogP contribution in [0.5, 0.6) is 0 Å². The molecule has 2 radical (unpaired) electrons. The van der Waals surface area contributed by atoms with Gasteiger partial charge in [-0.15, -0.1) is 0 Å². The molecule has 0 N–H and O–H groups in total. The molecule has 1 heteroatoms. The topological polar surface area (TPSA) is 0 Å². The third-order valence-corrected chi connectivity index (χ3v) is 3.40. The van der Waals surface area contributed by atoms with Crippen LogP contribution in [-0.4, -0.2) is 7.85 Å². The molecule has 0 saturated carbocycles. The van der Waals surface area contributed by atoms with Crippen molar-refractivity contribution in [3.05, 3.63) is 0 Å². The molecule has 0 nitrogen and oxygen atoms in total. The molecule has 0 aliphatic heterocycles. The van der Waals surface area contributed by atoms with Gasteiger partial charge in [-0.05, 0) is 18.3 Å². The smallest absolute Gasteiger partial charge is 0.0688 e. The molecule has 0 fully saturated rings. The summed E-state index contributed by atoms with van der Waals surface area (Å²) in [5, 5.41) is 0.0566. The van der Waals surface area contributed by atoms with Crippen LogP contribution in [0.3, 0.4) is 0 Å². The van der Waals surface area contributed by atoms with Crippen molar-refractivity contribution in [1.82, 2.24) is 0 Å². The van der Waals surface area contributed by atoms with E-state index in [2.05, 4.69) is 34.6 Å². The molecule has 1 atom stereocenters. The minimum atomic E-state index is 0.0566. The second-order valence-corrected chi connectivity index (χ2v) is 6.17. The fourth-order valence-corrected chi connectivity index (χ4v) is 2.13. The van der Waals surface area contributed by atoms with E-state index in [1.54, 1.807) is 0 Å². The van der Waals surface area contributed by atoms with E-state index in [1.807, 2.05) is 0 Å². The zero-order chi connectivity index (χ0) is 11.9. The standard InChI is InChI=1S/C14H29B/c1-6-8-10-14(5,15)12-11-13(3,4)9-7-2/h6-12H2,1-5H3. The van der Waals surface area contributed by atoms with Gasteiger partial charge >= 0.3 is 0 Å². The van der Waals surface area contributed by atoms with Gasteiger partial charge < -0.3 is 0 Å². The van der Waals surface area contributed by atoms with Crippen molar-refractivity contribution >= 4 is 7.85 Å². The van der Waals surface area contributed by atoms with Crippen LogP contribution in [0.15, 0.2) is 0 Å². The Morgan fingerprint density at radius 1 is 0.800 bits per heavy atom. The summed E-state index contributed by atoms with van der Waals surface area (Å²) in [6, 6.07) is 0. The van der Waals surface area contributed by atoms with Gasteiger partial charge in [0.2, 0.25) is 0 Å². The normalized spacial score (nSPS) is 16.3. The molecule has 1 unspecified atom stereocenters. The first-order chi connectivity index (χ1) is 6.83. The Morgan fingerprint density at radius 2 is 1.40 bits per heavy atom. The Balaban J connectivity index is 3.90. The monoisotopic (exact) mass is 208 g/mol. The van der Waals surface area contributed by atoms with E-state index in [0.29, 0.717) is 5.41 Å². The van der Waals surface area contributed by atoms with Crippen molar-refractivity contribution in [1.29, 1.82) is 0 Å². The van der Waals surface area contributed by atoms with E-state index < -0.39 is 0 Å². The van der Waals surface area contributed by atoms with Crippen LogP contribution >= 0.6 is 0 Å². The van der Waals surface area contributed by atoms with E-state index in [-0.39, 0.29) is 5.31 Å². The Bertz CT molecular complexity index is 159. The predicted molar refractivity (Wildman–Crippen MR) is 71.6 cm³/mol. The van der Waals surface area contributed by atoms with Crippen molar-refractivity contribution < 1.29 is 0 Å². The van der Waals surface area contributed by atoms with E-state index in [1.165, 1.54) is 44.9 Å². The van der Waals surface area contributed by atoms with Gasteiger partial charge in [0.15, 0.2) is 0 Å². The fourth-order valence-electron chi connectivity index (χ4n) is 2.13. The maximum Gasteiger partial charge on any atom is 0.0742 e. The highest BCUT2D eigenvalue weighted by Gasteiger charge is 2.22. The van der Waals surface area contributed by atoms with Crippen LogP contribution in [0.1, 0.15) is 79.6 Å². The van der Waals surface area contributed by atoms with Gasteiger partial charge in [-0.1, -0.05) is 72.0 Å². The Kier molecular flexibility index (Phi) is 6.63. The van der Waals surface area contributed by atoms with Gasteiger partial charge in [0.1, 0.15) is 0 Å². The Hall–Kier alpha value is 0.0649. The van der Waals surface area contributed by atoms with Crippen LogP contribution < -0.4 is 0 Å². The Morgan fingerprint density at radius 3 is 1.87 bits per heavy atom. The summed E-state index contributed by atoms with van der Waals surface area (Å²) in [6.07, 6.45) is 8.72. The third-order valence-electron chi connectivity index (χ3n) is 3.40. The SMILES string of the molecule is [B]C(C)(CCCC)CCC(C)(C)CCC. The summed E-state index contributed by atoms with van der Waals surface area (Å²) >= 11 is 0. The molecule has 15 heavy (non-hydrogen) atoms. The lowest BCUT2D eigenvalue weighted by Crippen LogP contribution is -2.16. The van der Waals surface area contributed by atoms with Crippen molar-refractivity contribution in [3.63, 3.8) is 0 Å². The summed E-state index contributed by atoms with van der Waals surface area (Å²) in [7, 11) is 6.31. The van der Waals surface area contributed by atoms with E-state index in [0.717, 1.165) is 0 Å². The lowest BCUT2D eigenvalue weighted by atomic mass is 9.62. The van der Waals surface area contributed by atoms with E-state index in [4.69, 9.17) is 7.85 Å². The summed E-state index contributed by atoms with van der Waals surface area (Å²) in [6.45, 7) is 11.4. The van der Waals surface area contributed by atoms with Crippen molar-refractivity contribution in [2.24, 2.45) is 5.41 Å². The first-order valence-corrected chi connectivity index (χ1v) is 6.62. The minimum Gasteiger partial charge on any atom is -0.0688 e. The highest BCUT2D eigenvalue weighted by atomic mass is 14.3. The molecule has 0 aromatic carbocycles. The lowest BCUT2D eigenvalue weighted by Gasteiger charge is -2.31. The molecular formula is C14H29B.